The van der Waals surface area contributed by atoms with E-state index in [-0.39, 0.29) is 16.2 Å². The monoisotopic (exact) mass is 685 g/mol. The Bertz CT molecular complexity index is 2510. The normalized spacial score (nSPS) is 14.6. The Balaban J connectivity index is 1.24. The largest absolute Gasteiger partial charge is 0.310 e. The molecule has 260 valence electrons. The molecular weight excluding hydrogens is 639 g/mol. The van der Waals surface area contributed by atoms with Gasteiger partial charge in [-0.1, -0.05) is 170 Å². The lowest BCUT2D eigenvalue weighted by Crippen LogP contribution is -2.23. The molecule has 0 spiro atoms. The van der Waals surface area contributed by atoms with E-state index in [1.54, 1.807) is 0 Å². The number of benzene rings is 7. The smallest absolute Gasteiger partial charge is 0.0465 e. The second-order valence-corrected chi connectivity index (χ2v) is 17.0. The summed E-state index contributed by atoms with van der Waals surface area (Å²) < 4.78 is 0. The van der Waals surface area contributed by atoms with Gasteiger partial charge in [-0.3, -0.25) is 0 Å². The highest BCUT2D eigenvalue weighted by molar-refractivity contribution is 5.95. The highest BCUT2D eigenvalue weighted by Gasteiger charge is 2.42. The van der Waals surface area contributed by atoms with Gasteiger partial charge in [0.15, 0.2) is 0 Å². The van der Waals surface area contributed by atoms with Crippen LogP contribution in [-0.4, -0.2) is 0 Å². The van der Waals surface area contributed by atoms with E-state index >= 15 is 0 Å². The minimum absolute atomic E-state index is 0.00275. The van der Waals surface area contributed by atoms with Gasteiger partial charge in [-0.15, -0.1) is 0 Å². The van der Waals surface area contributed by atoms with Gasteiger partial charge in [-0.2, -0.15) is 0 Å². The van der Waals surface area contributed by atoms with Crippen molar-refractivity contribution in [1.29, 1.82) is 0 Å². The van der Waals surface area contributed by atoms with Crippen molar-refractivity contribution in [2.75, 3.05) is 4.90 Å². The fraction of sp³-hybridized carbons (Fsp3) is 0.192. The standard InChI is InChI=1S/C52H47N/c1-50(2,3)45-31-30-40(36-18-12-9-13-19-36)48-43-29-27-39(33-47(43)52(6,7)49(45)48)53(37-24-22-35(23-25-37)34-16-10-8-11-17-34)38-26-28-42-41-20-14-15-21-44(41)51(4,5)46(42)32-38/h8-33H,1-7H3. The van der Waals surface area contributed by atoms with Crippen LogP contribution < -0.4 is 4.90 Å². The Hall–Kier alpha value is -5.66. The number of hydrogen-bond acceptors (Lipinski definition) is 1. The first-order valence-corrected chi connectivity index (χ1v) is 19.0. The van der Waals surface area contributed by atoms with Crippen molar-refractivity contribution >= 4 is 17.1 Å². The third-order valence-corrected chi connectivity index (χ3v) is 12.0. The summed E-state index contributed by atoms with van der Waals surface area (Å²) in [7, 11) is 0. The van der Waals surface area contributed by atoms with Crippen LogP contribution in [0.3, 0.4) is 0 Å². The maximum atomic E-state index is 2.48. The Labute approximate surface area is 315 Å². The Morgan fingerprint density at radius 2 is 0.887 bits per heavy atom. The first-order valence-electron chi connectivity index (χ1n) is 19.0. The molecule has 7 aromatic rings. The summed E-state index contributed by atoms with van der Waals surface area (Å²) in [6.45, 7) is 16.6. The Morgan fingerprint density at radius 1 is 0.396 bits per heavy atom. The van der Waals surface area contributed by atoms with Crippen LogP contribution >= 0.6 is 0 Å². The van der Waals surface area contributed by atoms with Crippen LogP contribution in [0.1, 0.15) is 76.3 Å². The molecule has 0 aromatic heterocycles. The number of anilines is 3. The quantitative estimate of drug-likeness (QED) is 0.174. The van der Waals surface area contributed by atoms with Gasteiger partial charge in [-0.25, -0.2) is 0 Å². The van der Waals surface area contributed by atoms with Crippen molar-refractivity contribution in [3.63, 3.8) is 0 Å². The van der Waals surface area contributed by atoms with Crippen molar-refractivity contribution < 1.29 is 0 Å². The molecule has 2 aliphatic carbocycles. The molecule has 0 saturated carbocycles. The van der Waals surface area contributed by atoms with Crippen LogP contribution in [0.5, 0.6) is 0 Å². The van der Waals surface area contributed by atoms with E-state index in [2.05, 4.69) is 211 Å². The lowest BCUT2D eigenvalue weighted by molar-refractivity contribution is 0.557. The third kappa shape index (κ3) is 5.20. The van der Waals surface area contributed by atoms with Crippen LogP contribution in [-0.2, 0) is 16.2 Å². The molecule has 0 heterocycles. The van der Waals surface area contributed by atoms with Crippen LogP contribution in [0.25, 0.3) is 44.5 Å². The minimum Gasteiger partial charge on any atom is -0.310 e. The molecule has 0 N–H and O–H groups in total. The van der Waals surface area contributed by atoms with Crippen LogP contribution in [0.4, 0.5) is 17.1 Å². The molecule has 53 heavy (non-hydrogen) atoms. The van der Waals surface area contributed by atoms with Crippen molar-refractivity contribution in [2.45, 2.75) is 64.7 Å². The molecule has 0 saturated heterocycles. The zero-order valence-electron chi connectivity index (χ0n) is 32.0. The average molecular weight is 686 g/mol. The molecule has 1 heteroatoms. The number of hydrogen-bond donors (Lipinski definition) is 0. The topological polar surface area (TPSA) is 3.24 Å². The van der Waals surface area contributed by atoms with Gasteiger partial charge in [-0.05, 0) is 114 Å². The summed E-state index contributed by atoms with van der Waals surface area (Å²) in [6, 6.07) is 58.7. The molecule has 9 rings (SSSR count). The minimum atomic E-state index is -0.196. The molecule has 0 unspecified atom stereocenters. The fourth-order valence-corrected chi connectivity index (χ4v) is 9.27. The van der Waals surface area contributed by atoms with Gasteiger partial charge < -0.3 is 4.90 Å². The molecule has 0 aliphatic heterocycles. The number of nitrogens with zero attached hydrogens (tertiary/aromatic N) is 1. The lowest BCUT2D eigenvalue weighted by atomic mass is 9.73. The van der Waals surface area contributed by atoms with Gasteiger partial charge in [0.05, 0.1) is 0 Å². The average Bonchev–Trinajstić information content (AvgIpc) is 3.55. The highest BCUT2D eigenvalue weighted by atomic mass is 15.1. The fourth-order valence-electron chi connectivity index (χ4n) is 9.27. The molecule has 0 bridgehead atoms. The molecule has 0 atom stereocenters. The number of fused-ring (bicyclic) bond motifs is 6. The second kappa shape index (κ2) is 11.9. The zero-order valence-corrected chi connectivity index (χ0v) is 32.0. The predicted molar refractivity (Wildman–Crippen MR) is 226 cm³/mol. The molecule has 7 aromatic carbocycles. The van der Waals surface area contributed by atoms with Gasteiger partial charge in [0, 0.05) is 27.9 Å². The Kier molecular flexibility index (Phi) is 7.48. The van der Waals surface area contributed by atoms with E-state index in [9.17, 15) is 0 Å². The predicted octanol–water partition coefficient (Wildman–Crippen LogP) is 14.4. The van der Waals surface area contributed by atoms with Gasteiger partial charge in [0.2, 0.25) is 0 Å². The van der Waals surface area contributed by atoms with E-state index in [1.165, 1.54) is 83.7 Å². The van der Waals surface area contributed by atoms with E-state index in [4.69, 9.17) is 0 Å². The summed E-state index contributed by atoms with van der Waals surface area (Å²) >= 11 is 0. The van der Waals surface area contributed by atoms with Crippen LogP contribution in [0.15, 0.2) is 158 Å². The highest BCUT2D eigenvalue weighted by Crippen LogP contribution is 2.57. The van der Waals surface area contributed by atoms with E-state index in [1.807, 2.05) is 0 Å². The van der Waals surface area contributed by atoms with Crippen LogP contribution in [0.2, 0.25) is 0 Å². The van der Waals surface area contributed by atoms with E-state index in [0.29, 0.717) is 0 Å². The van der Waals surface area contributed by atoms with Crippen molar-refractivity contribution in [1.82, 2.24) is 0 Å². The van der Waals surface area contributed by atoms with Crippen molar-refractivity contribution in [3.05, 3.63) is 186 Å². The first kappa shape index (κ1) is 33.2. The summed E-state index contributed by atoms with van der Waals surface area (Å²) in [5.74, 6) is 0. The maximum absolute atomic E-state index is 2.48. The molecule has 2 aliphatic rings. The van der Waals surface area contributed by atoms with Crippen molar-refractivity contribution in [3.8, 4) is 44.5 Å². The van der Waals surface area contributed by atoms with Gasteiger partial charge in [0.1, 0.15) is 0 Å². The molecular formula is C52H47N. The molecule has 0 amide bonds. The van der Waals surface area contributed by atoms with Gasteiger partial charge in [0.25, 0.3) is 0 Å². The SMILES string of the molecule is CC(C)(C)c1ccc(-c2ccccc2)c2c1C(C)(C)c1cc(N(c3ccc(-c4ccccc4)cc3)c3ccc4c(c3)C(C)(C)c3ccccc3-4)ccc1-2. The number of rotatable bonds is 5. The first-order chi connectivity index (χ1) is 25.4. The summed E-state index contributed by atoms with van der Waals surface area (Å²) in [5.41, 5.74) is 20.6. The van der Waals surface area contributed by atoms with Crippen LogP contribution in [0, 0.1) is 0 Å². The lowest BCUT2D eigenvalue weighted by Gasteiger charge is -2.32. The molecule has 0 fully saturated rings. The zero-order chi connectivity index (χ0) is 36.7. The summed E-state index contributed by atoms with van der Waals surface area (Å²) in [5, 5.41) is 0. The summed E-state index contributed by atoms with van der Waals surface area (Å²) in [4.78, 5) is 2.47. The second-order valence-electron chi connectivity index (χ2n) is 17.0. The molecule has 1 nitrogen and oxygen atoms in total. The third-order valence-electron chi connectivity index (χ3n) is 12.0. The van der Waals surface area contributed by atoms with Gasteiger partial charge >= 0.3 is 0 Å². The van der Waals surface area contributed by atoms with E-state index < -0.39 is 0 Å². The van der Waals surface area contributed by atoms with Crippen molar-refractivity contribution in [2.24, 2.45) is 0 Å². The van der Waals surface area contributed by atoms with E-state index in [0.717, 1.165) is 5.69 Å². The maximum Gasteiger partial charge on any atom is 0.0465 e. The summed E-state index contributed by atoms with van der Waals surface area (Å²) in [6.07, 6.45) is 0. The Morgan fingerprint density at radius 3 is 1.53 bits per heavy atom. The molecule has 0 radical (unpaired) electrons.